The molecule has 0 fully saturated rings. The largest absolute Gasteiger partial charge is 0.267 e. The second-order valence-electron chi connectivity index (χ2n) is 4.16. The van der Waals surface area contributed by atoms with Crippen LogP contribution in [-0.2, 0) is 0 Å². The van der Waals surface area contributed by atoms with Crippen molar-refractivity contribution < 1.29 is 0 Å². The normalized spacial score (nSPS) is 19.3. The maximum absolute atomic E-state index is 4.72. The summed E-state index contributed by atoms with van der Waals surface area (Å²) in [7, 11) is 0. The van der Waals surface area contributed by atoms with Gasteiger partial charge in [-0.3, -0.25) is 4.99 Å². The van der Waals surface area contributed by atoms with E-state index in [4.69, 9.17) is 4.99 Å². The van der Waals surface area contributed by atoms with Crippen molar-refractivity contribution in [2.75, 3.05) is 0 Å². The second kappa shape index (κ2) is 3.10. The third kappa shape index (κ3) is 1.19. The van der Waals surface area contributed by atoms with Crippen molar-refractivity contribution >= 4 is 11.5 Å². The van der Waals surface area contributed by atoms with Crippen LogP contribution in [0.15, 0.2) is 63.5 Å². The summed E-state index contributed by atoms with van der Waals surface area (Å²) in [6.45, 7) is 0. The van der Waals surface area contributed by atoms with Crippen molar-refractivity contribution in [3.05, 3.63) is 64.8 Å². The lowest BCUT2D eigenvalue weighted by Gasteiger charge is -2.09. The first-order valence-corrected chi connectivity index (χ1v) is 5.61. The summed E-state index contributed by atoms with van der Waals surface area (Å²) >= 11 is 0. The smallest absolute Gasteiger partial charge is 0.158 e. The number of rotatable bonds is 0. The van der Waals surface area contributed by atoms with Crippen molar-refractivity contribution in [2.24, 2.45) is 15.0 Å². The first kappa shape index (κ1) is 8.82. The van der Waals surface area contributed by atoms with Gasteiger partial charge < -0.3 is 0 Å². The summed E-state index contributed by atoms with van der Waals surface area (Å²) in [4.78, 5) is 13.8. The van der Waals surface area contributed by atoms with E-state index in [1.54, 1.807) is 0 Å². The molecule has 0 saturated carbocycles. The predicted molar refractivity (Wildman–Crippen MR) is 65.0 cm³/mol. The fourth-order valence-electron chi connectivity index (χ4n) is 2.29. The predicted octanol–water partition coefficient (Wildman–Crippen LogP) is 1.72. The van der Waals surface area contributed by atoms with Gasteiger partial charge in [-0.2, -0.15) is 0 Å². The summed E-state index contributed by atoms with van der Waals surface area (Å²) in [6.07, 6.45) is 0. The van der Waals surface area contributed by atoms with E-state index in [9.17, 15) is 0 Å². The van der Waals surface area contributed by atoms with Gasteiger partial charge in [0.2, 0.25) is 0 Å². The van der Waals surface area contributed by atoms with Crippen LogP contribution in [0.4, 0.5) is 5.69 Å². The van der Waals surface area contributed by atoms with E-state index in [0.717, 1.165) is 27.8 Å². The molecule has 0 radical (unpaired) electrons. The summed E-state index contributed by atoms with van der Waals surface area (Å²) in [5, 5.41) is 1.86. The zero-order valence-corrected chi connectivity index (χ0v) is 9.04. The molecule has 0 N–H and O–H groups in total. The quantitative estimate of drug-likeness (QED) is 0.647. The molecule has 0 bridgehead atoms. The van der Waals surface area contributed by atoms with Gasteiger partial charge in [-0.15, -0.1) is 0 Å². The van der Waals surface area contributed by atoms with Gasteiger partial charge in [0.1, 0.15) is 6.04 Å². The molecule has 0 saturated heterocycles. The SMILES string of the molecule is c1ccc2c(c1)N=C1N=c3ccccc3=NC12. The third-order valence-corrected chi connectivity index (χ3v) is 3.10. The van der Waals surface area contributed by atoms with Crippen LogP contribution in [-0.4, -0.2) is 5.84 Å². The van der Waals surface area contributed by atoms with Gasteiger partial charge in [-0.1, -0.05) is 30.3 Å². The highest BCUT2D eigenvalue weighted by Gasteiger charge is 2.27. The zero-order valence-electron chi connectivity index (χ0n) is 9.04. The van der Waals surface area contributed by atoms with E-state index < -0.39 is 0 Å². The second-order valence-corrected chi connectivity index (χ2v) is 4.16. The maximum Gasteiger partial charge on any atom is 0.158 e. The minimum Gasteiger partial charge on any atom is -0.267 e. The third-order valence-electron chi connectivity index (χ3n) is 3.10. The van der Waals surface area contributed by atoms with Crippen LogP contribution < -0.4 is 10.7 Å². The van der Waals surface area contributed by atoms with Gasteiger partial charge in [0, 0.05) is 5.56 Å². The van der Waals surface area contributed by atoms with E-state index in [1.807, 2.05) is 42.5 Å². The molecule has 3 heteroatoms. The molecule has 0 spiro atoms. The number of benzene rings is 2. The molecular weight excluding hydrogens is 210 g/mol. The number of amidine groups is 1. The fraction of sp³-hybridized carbons (Fsp3) is 0.0714. The fourth-order valence-corrected chi connectivity index (χ4v) is 2.29. The van der Waals surface area contributed by atoms with Crippen LogP contribution in [0.1, 0.15) is 11.6 Å². The number of para-hydroxylation sites is 3. The van der Waals surface area contributed by atoms with E-state index >= 15 is 0 Å². The van der Waals surface area contributed by atoms with Crippen molar-refractivity contribution in [3.8, 4) is 0 Å². The summed E-state index contributed by atoms with van der Waals surface area (Å²) in [6, 6.07) is 16.0. The summed E-state index contributed by atoms with van der Waals surface area (Å²) < 4.78 is 0. The Balaban J connectivity index is 2.04. The molecule has 3 nitrogen and oxygen atoms in total. The minimum absolute atomic E-state index is 0.0129. The lowest BCUT2D eigenvalue weighted by Crippen LogP contribution is -2.32. The number of hydrogen-bond donors (Lipinski definition) is 0. The van der Waals surface area contributed by atoms with E-state index in [0.29, 0.717) is 0 Å². The molecule has 2 aliphatic rings. The van der Waals surface area contributed by atoms with Gasteiger partial charge in [-0.05, 0) is 18.2 Å². The average Bonchev–Trinajstić information content (AvgIpc) is 2.73. The molecule has 1 unspecified atom stereocenters. The Hall–Kier alpha value is -2.29. The molecule has 0 aromatic heterocycles. The highest BCUT2D eigenvalue weighted by Crippen LogP contribution is 2.36. The topological polar surface area (TPSA) is 37.1 Å². The van der Waals surface area contributed by atoms with Crippen molar-refractivity contribution in [3.63, 3.8) is 0 Å². The van der Waals surface area contributed by atoms with Crippen LogP contribution >= 0.6 is 0 Å². The average molecular weight is 219 g/mol. The Labute approximate surface area is 97.9 Å². The van der Waals surface area contributed by atoms with Crippen LogP contribution in [0.3, 0.4) is 0 Å². The van der Waals surface area contributed by atoms with Crippen molar-refractivity contribution in [2.45, 2.75) is 6.04 Å². The molecule has 2 heterocycles. The number of fused-ring (bicyclic) bond motifs is 4. The van der Waals surface area contributed by atoms with Crippen molar-refractivity contribution in [1.29, 1.82) is 0 Å². The zero-order chi connectivity index (χ0) is 11.2. The Morgan fingerprint density at radius 3 is 2.47 bits per heavy atom. The molecule has 17 heavy (non-hydrogen) atoms. The molecule has 80 valence electrons. The standard InChI is InChI=1S/C14H9N3/c1-2-6-10-9(5-1)13-14(16-10)17-12-8-4-3-7-11(12)15-13/h1-8,13H. The highest BCUT2D eigenvalue weighted by atomic mass is 15.0. The maximum atomic E-state index is 4.72. The van der Waals surface area contributed by atoms with Gasteiger partial charge in [-0.25, -0.2) is 9.98 Å². The van der Waals surface area contributed by atoms with Gasteiger partial charge in [0.15, 0.2) is 5.84 Å². The molecule has 0 aliphatic carbocycles. The number of aliphatic imine (C=N–C) groups is 1. The highest BCUT2D eigenvalue weighted by molar-refractivity contribution is 5.97. The number of nitrogens with zero attached hydrogens (tertiary/aromatic N) is 3. The van der Waals surface area contributed by atoms with E-state index in [-0.39, 0.29) is 6.04 Å². The van der Waals surface area contributed by atoms with Crippen LogP contribution in [0, 0.1) is 0 Å². The van der Waals surface area contributed by atoms with Crippen LogP contribution in [0.5, 0.6) is 0 Å². The first-order chi connectivity index (χ1) is 8.42. The summed E-state index contributed by atoms with van der Waals surface area (Å²) in [5.41, 5.74) is 2.15. The monoisotopic (exact) mass is 219 g/mol. The molecule has 0 amide bonds. The molecule has 2 aromatic carbocycles. The van der Waals surface area contributed by atoms with E-state index in [1.165, 1.54) is 0 Å². The molecular formula is C14H9N3. The molecule has 2 aliphatic heterocycles. The Morgan fingerprint density at radius 1 is 0.765 bits per heavy atom. The Kier molecular flexibility index (Phi) is 1.61. The van der Waals surface area contributed by atoms with E-state index in [2.05, 4.69) is 16.1 Å². The van der Waals surface area contributed by atoms with Crippen LogP contribution in [0.2, 0.25) is 0 Å². The number of hydrogen-bond acceptors (Lipinski definition) is 3. The van der Waals surface area contributed by atoms with Crippen molar-refractivity contribution in [1.82, 2.24) is 0 Å². The first-order valence-electron chi connectivity index (χ1n) is 5.61. The molecule has 1 atom stereocenters. The van der Waals surface area contributed by atoms with Gasteiger partial charge in [0.05, 0.1) is 16.4 Å². The molecule has 4 rings (SSSR count). The molecule has 2 aromatic rings. The van der Waals surface area contributed by atoms with Crippen LogP contribution in [0.25, 0.3) is 0 Å². The summed E-state index contributed by atoms with van der Waals surface area (Å²) in [5.74, 6) is 0.810. The minimum atomic E-state index is -0.0129. The Morgan fingerprint density at radius 2 is 1.53 bits per heavy atom. The van der Waals surface area contributed by atoms with Gasteiger partial charge in [0.25, 0.3) is 0 Å². The lowest BCUT2D eigenvalue weighted by atomic mass is 10.1. The van der Waals surface area contributed by atoms with Gasteiger partial charge >= 0.3 is 0 Å². The lowest BCUT2D eigenvalue weighted by molar-refractivity contribution is 0.894. The Bertz CT molecular complexity index is 759.